The summed E-state index contributed by atoms with van der Waals surface area (Å²) < 4.78 is 36.9. The highest BCUT2D eigenvalue weighted by molar-refractivity contribution is 7.81. The molecule has 0 spiro atoms. The summed E-state index contributed by atoms with van der Waals surface area (Å²) in [6.07, 6.45) is 0. The lowest BCUT2D eigenvalue weighted by molar-refractivity contribution is 0.0695. The van der Waals surface area contributed by atoms with Crippen molar-refractivity contribution in [1.29, 1.82) is 0 Å². The molecule has 0 aliphatic carbocycles. The first-order chi connectivity index (χ1) is 7.74. The summed E-state index contributed by atoms with van der Waals surface area (Å²) in [7, 11) is -5.18. The van der Waals surface area contributed by atoms with Crippen molar-refractivity contribution < 1.29 is 26.4 Å². The Morgan fingerprint density at radius 1 is 1.53 bits per heavy atom. The zero-order valence-corrected chi connectivity index (χ0v) is 10.4. The van der Waals surface area contributed by atoms with Gasteiger partial charge in [0.1, 0.15) is 5.75 Å². The van der Waals surface area contributed by atoms with E-state index in [0.717, 1.165) is 6.07 Å². The first-order valence-electron chi connectivity index (χ1n) is 4.36. The van der Waals surface area contributed by atoms with Gasteiger partial charge in [0.2, 0.25) is 0 Å². The Labute approximate surface area is 103 Å². The molecule has 0 amide bonds. The van der Waals surface area contributed by atoms with Crippen LogP contribution >= 0.6 is 12.6 Å². The van der Waals surface area contributed by atoms with Crippen molar-refractivity contribution in [2.75, 3.05) is 0 Å². The molecule has 1 N–H and O–H groups in total. The van der Waals surface area contributed by atoms with Crippen LogP contribution in [0.4, 0.5) is 3.89 Å². The minimum Gasteiger partial charge on any atom is -0.478 e. The van der Waals surface area contributed by atoms with Crippen LogP contribution in [0.15, 0.2) is 12.1 Å². The molecule has 0 fully saturated rings. The van der Waals surface area contributed by atoms with Gasteiger partial charge in [-0.3, -0.25) is 0 Å². The molecule has 0 saturated heterocycles. The van der Waals surface area contributed by atoms with Crippen LogP contribution in [-0.2, 0) is 16.3 Å². The van der Waals surface area contributed by atoms with Crippen LogP contribution in [0.25, 0.3) is 0 Å². The maximum atomic E-state index is 12.3. The van der Waals surface area contributed by atoms with Crippen LogP contribution in [0.3, 0.4) is 0 Å². The average molecular weight is 280 g/mol. The van der Waals surface area contributed by atoms with Crippen LogP contribution in [0.2, 0.25) is 0 Å². The minimum absolute atomic E-state index is 0.157. The van der Waals surface area contributed by atoms with E-state index in [1.165, 1.54) is 6.07 Å². The molecule has 0 aliphatic rings. The fraction of sp³-hybridized carbons (Fsp3) is 0.222. The molecule has 0 atom stereocenters. The summed E-state index contributed by atoms with van der Waals surface area (Å²) >= 11 is 3.96. The standard InChI is InChI=1S/C9H9FO5S2/c1-5-6(4-16)2-7(15-17(10,13)14)3-8(5)9(11)12/h2-3,16H,4H2,1H3,(H,11,12). The number of rotatable bonds is 4. The number of hydrogen-bond donors (Lipinski definition) is 2. The largest absolute Gasteiger partial charge is 0.488 e. The van der Waals surface area contributed by atoms with Gasteiger partial charge < -0.3 is 9.29 Å². The van der Waals surface area contributed by atoms with E-state index in [2.05, 4.69) is 16.8 Å². The molecule has 5 nitrogen and oxygen atoms in total. The number of carboxylic acids is 1. The summed E-state index contributed by atoms with van der Waals surface area (Å²) in [5, 5.41) is 8.88. The Kier molecular flexibility index (Phi) is 3.99. The molecule has 17 heavy (non-hydrogen) atoms. The third kappa shape index (κ3) is 3.60. The summed E-state index contributed by atoms with van der Waals surface area (Å²) in [5.41, 5.74) is 0.721. The Morgan fingerprint density at radius 2 is 2.12 bits per heavy atom. The first-order valence-corrected chi connectivity index (χ1v) is 6.30. The number of carboxylic acid groups (broad SMARTS) is 1. The van der Waals surface area contributed by atoms with E-state index < -0.39 is 16.5 Å². The van der Waals surface area contributed by atoms with Gasteiger partial charge in [-0.2, -0.15) is 21.0 Å². The topological polar surface area (TPSA) is 80.7 Å². The number of hydrogen-bond acceptors (Lipinski definition) is 5. The molecule has 0 aliphatic heterocycles. The van der Waals surface area contributed by atoms with Gasteiger partial charge in [0, 0.05) is 5.75 Å². The lowest BCUT2D eigenvalue weighted by Gasteiger charge is -2.09. The molecule has 8 heteroatoms. The van der Waals surface area contributed by atoms with E-state index in [1.807, 2.05) is 0 Å². The molecular formula is C9H9FO5S2. The van der Waals surface area contributed by atoms with E-state index in [4.69, 9.17) is 5.11 Å². The number of aromatic carboxylic acids is 1. The lowest BCUT2D eigenvalue weighted by Crippen LogP contribution is -2.06. The fourth-order valence-electron chi connectivity index (χ4n) is 1.29. The number of benzene rings is 1. The van der Waals surface area contributed by atoms with Gasteiger partial charge in [0.25, 0.3) is 0 Å². The Hall–Kier alpha value is -1.28. The van der Waals surface area contributed by atoms with E-state index in [9.17, 15) is 17.1 Å². The Morgan fingerprint density at radius 3 is 2.53 bits per heavy atom. The molecule has 1 aromatic rings. The quantitative estimate of drug-likeness (QED) is 0.648. The summed E-state index contributed by atoms with van der Waals surface area (Å²) in [5.74, 6) is -1.47. The predicted molar refractivity (Wildman–Crippen MR) is 61.5 cm³/mol. The molecule has 0 aromatic heterocycles. The predicted octanol–water partition coefficient (Wildman–Crippen LogP) is 1.72. The lowest BCUT2D eigenvalue weighted by atomic mass is 10.0. The second kappa shape index (κ2) is 4.92. The second-order valence-electron chi connectivity index (χ2n) is 3.19. The number of thiol groups is 1. The summed E-state index contributed by atoms with van der Waals surface area (Å²) in [6.45, 7) is 1.54. The molecule has 94 valence electrons. The maximum absolute atomic E-state index is 12.3. The van der Waals surface area contributed by atoms with E-state index in [0.29, 0.717) is 11.1 Å². The molecule has 0 heterocycles. The van der Waals surface area contributed by atoms with E-state index in [-0.39, 0.29) is 17.1 Å². The third-order valence-electron chi connectivity index (χ3n) is 2.09. The molecule has 1 rings (SSSR count). The smallest absolute Gasteiger partial charge is 0.478 e. The van der Waals surface area contributed by atoms with Crippen molar-refractivity contribution in [2.45, 2.75) is 12.7 Å². The SMILES string of the molecule is Cc1c(CS)cc(OS(=O)(=O)F)cc1C(=O)O. The van der Waals surface area contributed by atoms with E-state index in [1.54, 1.807) is 6.92 Å². The zero-order chi connectivity index (χ0) is 13.2. The van der Waals surface area contributed by atoms with Gasteiger partial charge in [-0.15, -0.1) is 0 Å². The van der Waals surface area contributed by atoms with Gasteiger partial charge >= 0.3 is 16.5 Å². The van der Waals surface area contributed by atoms with Crippen molar-refractivity contribution >= 4 is 29.1 Å². The van der Waals surface area contributed by atoms with Gasteiger partial charge in [-0.05, 0) is 30.2 Å². The van der Waals surface area contributed by atoms with E-state index >= 15 is 0 Å². The highest BCUT2D eigenvalue weighted by atomic mass is 32.3. The van der Waals surface area contributed by atoms with Gasteiger partial charge in [0.05, 0.1) is 5.56 Å². The summed E-state index contributed by atoms with van der Waals surface area (Å²) in [6, 6.07) is 2.17. The molecule has 1 aromatic carbocycles. The number of halogens is 1. The molecule has 0 bridgehead atoms. The molecule has 0 unspecified atom stereocenters. The normalized spacial score (nSPS) is 11.2. The van der Waals surface area contributed by atoms with Crippen molar-refractivity contribution in [2.24, 2.45) is 0 Å². The second-order valence-corrected chi connectivity index (χ2v) is 4.46. The Balaban J connectivity index is 3.35. The average Bonchev–Trinajstić information content (AvgIpc) is 2.17. The zero-order valence-electron chi connectivity index (χ0n) is 8.68. The van der Waals surface area contributed by atoms with Crippen molar-refractivity contribution in [3.63, 3.8) is 0 Å². The fourth-order valence-corrected chi connectivity index (χ4v) is 1.95. The van der Waals surface area contributed by atoms with Crippen LogP contribution < -0.4 is 4.18 Å². The third-order valence-corrected chi connectivity index (χ3v) is 2.82. The van der Waals surface area contributed by atoms with Crippen LogP contribution in [0.1, 0.15) is 21.5 Å². The molecule has 0 saturated carbocycles. The van der Waals surface area contributed by atoms with Gasteiger partial charge in [-0.25, -0.2) is 4.79 Å². The van der Waals surface area contributed by atoms with Crippen molar-refractivity contribution in [3.8, 4) is 5.75 Å². The maximum Gasteiger partial charge on any atom is 0.488 e. The van der Waals surface area contributed by atoms with Crippen molar-refractivity contribution in [1.82, 2.24) is 0 Å². The van der Waals surface area contributed by atoms with Crippen LogP contribution in [-0.4, -0.2) is 19.5 Å². The minimum atomic E-state index is -5.18. The van der Waals surface area contributed by atoms with Gasteiger partial charge in [0.15, 0.2) is 0 Å². The molecular weight excluding hydrogens is 271 g/mol. The monoisotopic (exact) mass is 280 g/mol. The van der Waals surface area contributed by atoms with Crippen molar-refractivity contribution in [3.05, 3.63) is 28.8 Å². The van der Waals surface area contributed by atoms with Crippen LogP contribution in [0.5, 0.6) is 5.75 Å². The first kappa shape index (κ1) is 13.8. The Bertz CT molecular complexity index is 553. The molecule has 0 radical (unpaired) electrons. The highest BCUT2D eigenvalue weighted by Gasteiger charge is 2.16. The van der Waals surface area contributed by atoms with Gasteiger partial charge in [-0.1, -0.05) is 3.89 Å². The summed E-state index contributed by atoms with van der Waals surface area (Å²) in [4.78, 5) is 10.9. The number of carbonyl (C=O) groups is 1. The highest BCUT2D eigenvalue weighted by Crippen LogP contribution is 2.25. The van der Waals surface area contributed by atoms with Crippen LogP contribution in [0, 0.1) is 6.92 Å².